The summed E-state index contributed by atoms with van der Waals surface area (Å²) in [4.78, 5) is 16.0. The van der Waals surface area contributed by atoms with Crippen molar-refractivity contribution in [1.82, 2.24) is 4.98 Å². The Kier molecular flexibility index (Phi) is 5.05. The van der Waals surface area contributed by atoms with Gasteiger partial charge in [0.15, 0.2) is 0 Å². The zero-order valence-electron chi connectivity index (χ0n) is 9.25. The van der Waals surface area contributed by atoms with Gasteiger partial charge in [0.25, 0.3) is 5.91 Å². The van der Waals surface area contributed by atoms with E-state index in [1.807, 2.05) is 6.07 Å². The van der Waals surface area contributed by atoms with Crippen LogP contribution in [0.1, 0.15) is 10.4 Å². The number of halogens is 4. The number of nitrogens with zero attached hydrogens (tertiary/aromatic N) is 1. The molecule has 0 aliphatic rings. The number of carbonyl (C=O) groups excluding carboxylic acids is 1. The van der Waals surface area contributed by atoms with E-state index in [-0.39, 0.29) is 16.6 Å². The van der Waals surface area contributed by atoms with Crippen LogP contribution in [0.2, 0.25) is 10.2 Å². The Morgan fingerprint density at radius 2 is 2.05 bits per heavy atom. The molecule has 2 aromatic rings. The topological polar surface area (TPSA) is 42.0 Å². The van der Waals surface area contributed by atoms with Gasteiger partial charge in [0, 0.05) is 14.2 Å². The average molecular weight is 472 g/mol. The zero-order chi connectivity index (χ0) is 14.0. The number of hydrogen-bond donors (Lipinski definition) is 1. The Labute approximate surface area is 142 Å². The van der Waals surface area contributed by atoms with Crippen molar-refractivity contribution in [3.05, 3.63) is 54.2 Å². The van der Waals surface area contributed by atoms with Gasteiger partial charge < -0.3 is 5.32 Å². The zero-order valence-corrected chi connectivity index (χ0v) is 14.5. The van der Waals surface area contributed by atoms with Crippen LogP contribution in [0, 0.1) is 3.57 Å². The van der Waals surface area contributed by atoms with E-state index < -0.39 is 0 Å². The number of rotatable bonds is 2. The summed E-state index contributed by atoms with van der Waals surface area (Å²) in [6, 6.07) is 6.95. The first-order chi connectivity index (χ1) is 8.97. The van der Waals surface area contributed by atoms with E-state index in [0.29, 0.717) is 15.2 Å². The van der Waals surface area contributed by atoms with E-state index in [2.05, 4.69) is 48.8 Å². The second kappa shape index (κ2) is 6.39. The quantitative estimate of drug-likeness (QED) is 0.494. The van der Waals surface area contributed by atoms with Gasteiger partial charge in [0.2, 0.25) is 0 Å². The van der Waals surface area contributed by atoms with Crippen LogP contribution in [0.5, 0.6) is 0 Å². The fourth-order valence-electron chi connectivity index (χ4n) is 1.36. The fraction of sp³-hybridized carbons (Fsp3) is 0. The van der Waals surface area contributed by atoms with Crippen LogP contribution in [-0.2, 0) is 0 Å². The van der Waals surface area contributed by atoms with Crippen LogP contribution in [0.4, 0.5) is 5.69 Å². The largest absolute Gasteiger partial charge is 0.321 e. The minimum Gasteiger partial charge on any atom is -0.321 e. The lowest BCUT2D eigenvalue weighted by Crippen LogP contribution is -2.13. The third kappa shape index (κ3) is 3.81. The summed E-state index contributed by atoms with van der Waals surface area (Å²) in [5.74, 6) is -0.359. The summed E-state index contributed by atoms with van der Waals surface area (Å²) in [6.45, 7) is 0. The van der Waals surface area contributed by atoms with Crippen molar-refractivity contribution in [2.75, 3.05) is 5.32 Å². The molecule has 0 bridgehead atoms. The van der Waals surface area contributed by atoms with Gasteiger partial charge in [0.1, 0.15) is 5.15 Å². The summed E-state index contributed by atoms with van der Waals surface area (Å²) >= 11 is 17.3. The third-order valence-electron chi connectivity index (χ3n) is 2.23. The maximum Gasteiger partial charge on any atom is 0.258 e. The SMILES string of the molecule is O=C(Nc1ccc(I)cc1Cl)c1cc(Br)cnc1Cl. The van der Waals surface area contributed by atoms with Gasteiger partial charge in [-0.25, -0.2) is 4.98 Å². The van der Waals surface area contributed by atoms with Gasteiger partial charge in [-0.3, -0.25) is 4.79 Å². The Bertz CT molecular complexity index is 652. The summed E-state index contributed by atoms with van der Waals surface area (Å²) in [6.07, 6.45) is 1.52. The Hall–Kier alpha value is -0.370. The number of benzene rings is 1. The second-order valence-electron chi connectivity index (χ2n) is 3.57. The van der Waals surface area contributed by atoms with E-state index in [9.17, 15) is 4.79 Å². The van der Waals surface area contributed by atoms with Gasteiger partial charge in [-0.1, -0.05) is 23.2 Å². The Morgan fingerprint density at radius 1 is 1.32 bits per heavy atom. The molecule has 1 heterocycles. The lowest BCUT2D eigenvalue weighted by Gasteiger charge is -2.08. The molecule has 0 aliphatic heterocycles. The monoisotopic (exact) mass is 470 g/mol. The minimum atomic E-state index is -0.359. The number of anilines is 1. The molecule has 0 saturated carbocycles. The van der Waals surface area contributed by atoms with Gasteiger partial charge in [0.05, 0.1) is 16.3 Å². The first-order valence-corrected chi connectivity index (χ1v) is 7.67. The highest BCUT2D eigenvalue weighted by atomic mass is 127. The highest BCUT2D eigenvalue weighted by Crippen LogP contribution is 2.25. The molecular formula is C12H6BrCl2IN2O. The summed E-state index contributed by atoms with van der Waals surface area (Å²) < 4.78 is 1.67. The molecule has 3 nitrogen and oxygen atoms in total. The van der Waals surface area contributed by atoms with Crippen molar-refractivity contribution in [2.45, 2.75) is 0 Å². The molecule has 0 unspecified atom stereocenters. The average Bonchev–Trinajstić information content (AvgIpc) is 2.35. The molecule has 7 heteroatoms. The van der Waals surface area contributed by atoms with Crippen molar-refractivity contribution >= 4 is 73.3 Å². The lowest BCUT2D eigenvalue weighted by molar-refractivity contribution is 0.102. The summed E-state index contributed by atoms with van der Waals surface area (Å²) in [5.41, 5.74) is 0.814. The van der Waals surface area contributed by atoms with E-state index in [4.69, 9.17) is 23.2 Å². The van der Waals surface area contributed by atoms with Crippen molar-refractivity contribution in [2.24, 2.45) is 0 Å². The van der Waals surface area contributed by atoms with Gasteiger partial charge in [-0.15, -0.1) is 0 Å². The normalized spacial score (nSPS) is 10.3. The second-order valence-corrected chi connectivity index (χ2v) is 6.50. The van der Waals surface area contributed by atoms with E-state index in [1.165, 1.54) is 6.20 Å². The van der Waals surface area contributed by atoms with Crippen molar-refractivity contribution in [3.8, 4) is 0 Å². The number of amides is 1. The van der Waals surface area contributed by atoms with Crippen LogP contribution in [0.15, 0.2) is 34.9 Å². The lowest BCUT2D eigenvalue weighted by atomic mass is 10.2. The van der Waals surface area contributed by atoms with Crippen LogP contribution < -0.4 is 5.32 Å². The van der Waals surface area contributed by atoms with E-state index >= 15 is 0 Å². The number of pyridine rings is 1. The third-order valence-corrected chi connectivity index (χ3v) is 3.95. The number of aromatic nitrogens is 1. The highest BCUT2D eigenvalue weighted by Gasteiger charge is 2.13. The molecule has 0 atom stereocenters. The maximum atomic E-state index is 12.1. The van der Waals surface area contributed by atoms with Crippen molar-refractivity contribution in [1.29, 1.82) is 0 Å². The van der Waals surface area contributed by atoms with Gasteiger partial charge in [-0.05, 0) is 62.8 Å². The van der Waals surface area contributed by atoms with Crippen LogP contribution in [0.25, 0.3) is 0 Å². The molecule has 98 valence electrons. The van der Waals surface area contributed by atoms with E-state index in [0.717, 1.165) is 3.57 Å². The fourth-order valence-corrected chi connectivity index (χ4v) is 2.79. The smallest absolute Gasteiger partial charge is 0.258 e. The Morgan fingerprint density at radius 3 is 2.74 bits per heavy atom. The molecule has 1 amide bonds. The van der Waals surface area contributed by atoms with Crippen LogP contribution >= 0.6 is 61.7 Å². The number of hydrogen-bond acceptors (Lipinski definition) is 2. The minimum absolute atomic E-state index is 0.141. The Balaban J connectivity index is 2.28. The standard InChI is InChI=1S/C12H6BrCl2IN2O/c13-6-3-8(11(15)17-5-6)12(19)18-10-2-1-7(16)4-9(10)14/h1-5H,(H,18,19). The molecule has 2 rings (SSSR count). The van der Waals surface area contributed by atoms with Gasteiger partial charge >= 0.3 is 0 Å². The first-order valence-electron chi connectivity index (χ1n) is 5.05. The molecule has 0 spiro atoms. The molecule has 1 N–H and O–H groups in total. The molecule has 1 aromatic carbocycles. The molecule has 0 saturated heterocycles. The number of carbonyl (C=O) groups is 1. The highest BCUT2D eigenvalue weighted by molar-refractivity contribution is 14.1. The van der Waals surface area contributed by atoms with Crippen molar-refractivity contribution in [3.63, 3.8) is 0 Å². The summed E-state index contributed by atoms with van der Waals surface area (Å²) in [5, 5.41) is 3.31. The maximum absolute atomic E-state index is 12.1. The molecule has 19 heavy (non-hydrogen) atoms. The molecule has 0 radical (unpaired) electrons. The summed E-state index contributed by atoms with van der Waals surface area (Å²) in [7, 11) is 0. The molecule has 0 aliphatic carbocycles. The van der Waals surface area contributed by atoms with Crippen LogP contribution in [-0.4, -0.2) is 10.9 Å². The van der Waals surface area contributed by atoms with Crippen molar-refractivity contribution < 1.29 is 4.79 Å². The number of nitrogens with one attached hydrogen (secondary N) is 1. The molecule has 1 aromatic heterocycles. The predicted molar refractivity (Wildman–Crippen MR) is 89.1 cm³/mol. The molecule has 0 fully saturated rings. The predicted octanol–water partition coefficient (Wildman–Crippen LogP) is 5.01. The molecular weight excluding hydrogens is 466 g/mol. The van der Waals surface area contributed by atoms with Gasteiger partial charge in [-0.2, -0.15) is 0 Å². The van der Waals surface area contributed by atoms with Crippen LogP contribution in [0.3, 0.4) is 0 Å². The first kappa shape index (κ1) is 15.0. The van der Waals surface area contributed by atoms with E-state index in [1.54, 1.807) is 18.2 Å².